The molecular formula is C26H25F4N3O2. The lowest BCUT2D eigenvalue weighted by molar-refractivity contribution is -0.153. The predicted molar refractivity (Wildman–Crippen MR) is 122 cm³/mol. The fraction of sp³-hybridized carbons (Fsp3) is 0.385. The Morgan fingerprint density at radius 1 is 1.11 bits per heavy atom. The van der Waals surface area contributed by atoms with E-state index in [4.69, 9.17) is 9.84 Å². The van der Waals surface area contributed by atoms with E-state index in [1.807, 2.05) is 19.1 Å². The lowest BCUT2D eigenvalue weighted by Gasteiger charge is -2.59. The highest BCUT2D eigenvalue weighted by Crippen LogP contribution is 2.55. The van der Waals surface area contributed by atoms with Crippen molar-refractivity contribution in [1.82, 2.24) is 14.7 Å². The summed E-state index contributed by atoms with van der Waals surface area (Å²) in [5.74, 6) is -1.61. The molecule has 184 valence electrons. The standard InChI is InChI=1S/C26H25F4N3O2/c1-16-5-3-4-6-20(16)22-9-17(2)31-33(22)19-11-25(12-19)13-32(14-25)24(34)21-8-7-18(27)10-23(21)35-15-26(28,29)30/h3-10,19H,11-15H2,1-2H3. The first-order chi connectivity index (χ1) is 16.5. The van der Waals surface area contributed by atoms with Crippen LogP contribution in [0.2, 0.25) is 0 Å². The monoisotopic (exact) mass is 487 g/mol. The fourth-order valence-corrected chi connectivity index (χ4v) is 5.26. The van der Waals surface area contributed by atoms with E-state index in [2.05, 4.69) is 29.8 Å². The lowest BCUT2D eigenvalue weighted by Crippen LogP contribution is -2.63. The molecule has 3 aromatic rings. The Morgan fingerprint density at radius 3 is 2.51 bits per heavy atom. The van der Waals surface area contributed by atoms with E-state index < -0.39 is 30.3 Å². The summed E-state index contributed by atoms with van der Waals surface area (Å²) in [6.07, 6.45) is -2.87. The van der Waals surface area contributed by atoms with Crippen LogP contribution in [0.15, 0.2) is 48.5 Å². The van der Waals surface area contributed by atoms with Crippen molar-refractivity contribution in [3.63, 3.8) is 0 Å². The number of alkyl halides is 3. The Bertz CT molecular complexity index is 1270. The van der Waals surface area contributed by atoms with Crippen LogP contribution in [0.5, 0.6) is 5.75 Å². The van der Waals surface area contributed by atoms with Crippen LogP contribution in [0.1, 0.15) is 40.5 Å². The zero-order valence-corrected chi connectivity index (χ0v) is 19.4. The number of likely N-dealkylation sites (tertiary alicyclic amines) is 1. The van der Waals surface area contributed by atoms with Crippen LogP contribution in [0.4, 0.5) is 17.6 Å². The minimum atomic E-state index is -4.59. The van der Waals surface area contributed by atoms with Gasteiger partial charge in [0, 0.05) is 30.1 Å². The molecule has 5 nitrogen and oxygen atoms in total. The van der Waals surface area contributed by atoms with Crippen molar-refractivity contribution in [1.29, 1.82) is 0 Å². The third-order valence-corrected chi connectivity index (χ3v) is 6.87. The second kappa shape index (κ2) is 8.39. The maximum absolute atomic E-state index is 13.6. The first-order valence-corrected chi connectivity index (χ1v) is 11.4. The Kier molecular flexibility index (Phi) is 5.61. The van der Waals surface area contributed by atoms with Crippen molar-refractivity contribution in [2.45, 2.75) is 38.9 Å². The van der Waals surface area contributed by atoms with Crippen molar-refractivity contribution in [2.75, 3.05) is 19.7 Å². The quantitative estimate of drug-likeness (QED) is 0.432. The third-order valence-electron chi connectivity index (χ3n) is 6.87. The van der Waals surface area contributed by atoms with E-state index in [1.54, 1.807) is 4.90 Å². The van der Waals surface area contributed by atoms with Crippen LogP contribution in [0, 0.1) is 25.1 Å². The van der Waals surface area contributed by atoms with Gasteiger partial charge in [0.25, 0.3) is 5.91 Å². The minimum absolute atomic E-state index is 0.0315. The van der Waals surface area contributed by atoms with Crippen molar-refractivity contribution >= 4 is 5.91 Å². The predicted octanol–water partition coefficient (Wildman–Crippen LogP) is 5.72. The van der Waals surface area contributed by atoms with E-state index in [0.717, 1.165) is 41.9 Å². The summed E-state index contributed by atoms with van der Waals surface area (Å²) in [6.45, 7) is 3.45. The van der Waals surface area contributed by atoms with Gasteiger partial charge in [-0.3, -0.25) is 9.48 Å². The van der Waals surface area contributed by atoms with Crippen LogP contribution in [0.25, 0.3) is 11.3 Å². The summed E-state index contributed by atoms with van der Waals surface area (Å²) in [7, 11) is 0. The third kappa shape index (κ3) is 4.51. The molecule has 1 aliphatic carbocycles. The minimum Gasteiger partial charge on any atom is -0.483 e. The molecule has 0 radical (unpaired) electrons. The van der Waals surface area contributed by atoms with Gasteiger partial charge in [-0.1, -0.05) is 24.3 Å². The van der Waals surface area contributed by atoms with Crippen LogP contribution in [0.3, 0.4) is 0 Å². The summed E-state index contributed by atoms with van der Waals surface area (Å²) >= 11 is 0. The van der Waals surface area contributed by atoms with Gasteiger partial charge in [-0.15, -0.1) is 0 Å². The number of carbonyl (C=O) groups is 1. The molecule has 1 aromatic heterocycles. The number of amides is 1. The smallest absolute Gasteiger partial charge is 0.422 e. The average Bonchev–Trinajstić information content (AvgIpc) is 3.11. The number of hydrogen-bond donors (Lipinski definition) is 0. The maximum Gasteiger partial charge on any atom is 0.422 e. The van der Waals surface area contributed by atoms with Gasteiger partial charge in [-0.25, -0.2) is 4.39 Å². The van der Waals surface area contributed by atoms with Gasteiger partial charge in [0.2, 0.25) is 0 Å². The number of hydrogen-bond acceptors (Lipinski definition) is 3. The fourth-order valence-electron chi connectivity index (χ4n) is 5.26. The molecule has 0 unspecified atom stereocenters. The second-order valence-electron chi connectivity index (χ2n) is 9.70. The molecule has 1 saturated heterocycles. The number of ether oxygens (including phenoxy) is 1. The number of halogens is 4. The number of benzene rings is 2. The van der Waals surface area contributed by atoms with E-state index >= 15 is 0 Å². The van der Waals surface area contributed by atoms with Gasteiger partial charge in [0.1, 0.15) is 11.6 Å². The lowest BCUT2D eigenvalue weighted by atomic mass is 9.60. The number of nitrogens with zero attached hydrogens (tertiary/aromatic N) is 3. The van der Waals surface area contributed by atoms with Crippen LogP contribution in [-0.4, -0.2) is 46.5 Å². The van der Waals surface area contributed by atoms with Crippen LogP contribution < -0.4 is 4.74 Å². The summed E-state index contributed by atoms with van der Waals surface area (Å²) in [6, 6.07) is 13.5. The van der Waals surface area contributed by atoms with Crippen molar-refractivity contribution < 1.29 is 27.1 Å². The molecule has 2 heterocycles. The molecule has 1 saturated carbocycles. The molecule has 1 amide bonds. The number of aryl methyl sites for hydroxylation is 2. The highest BCUT2D eigenvalue weighted by Gasteiger charge is 2.55. The molecule has 0 bridgehead atoms. The molecule has 0 atom stereocenters. The van der Waals surface area contributed by atoms with Crippen LogP contribution in [-0.2, 0) is 0 Å². The molecule has 0 N–H and O–H groups in total. The highest BCUT2D eigenvalue weighted by atomic mass is 19.4. The Balaban J connectivity index is 1.26. The van der Waals surface area contributed by atoms with E-state index in [-0.39, 0.29) is 17.0 Å². The molecule has 1 aliphatic heterocycles. The topological polar surface area (TPSA) is 47.4 Å². The summed E-state index contributed by atoms with van der Waals surface area (Å²) in [5.41, 5.74) is 4.23. The van der Waals surface area contributed by atoms with Gasteiger partial charge in [-0.05, 0) is 50.5 Å². The first kappa shape index (κ1) is 23.4. The number of rotatable bonds is 5. The normalized spacial score (nSPS) is 17.3. The Morgan fingerprint density at radius 2 is 1.83 bits per heavy atom. The van der Waals surface area contributed by atoms with Gasteiger partial charge in [0.05, 0.1) is 23.0 Å². The average molecular weight is 487 g/mol. The summed E-state index contributed by atoms with van der Waals surface area (Å²) in [5, 5.41) is 4.73. The molecule has 1 spiro atoms. The molecule has 2 aliphatic rings. The number of carbonyl (C=O) groups excluding carboxylic acids is 1. The zero-order valence-electron chi connectivity index (χ0n) is 19.4. The largest absolute Gasteiger partial charge is 0.483 e. The summed E-state index contributed by atoms with van der Waals surface area (Å²) in [4.78, 5) is 14.6. The zero-order chi connectivity index (χ0) is 25.0. The maximum atomic E-state index is 13.6. The Labute approximate surface area is 200 Å². The molecule has 2 aromatic carbocycles. The van der Waals surface area contributed by atoms with Crippen molar-refractivity contribution in [2.24, 2.45) is 5.41 Å². The van der Waals surface area contributed by atoms with Gasteiger partial charge in [-0.2, -0.15) is 18.3 Å². The van der Waals surface area contributed by atoms with E-state index in [1.165, 1.54) is 11.6 Å². The van der Waals surface area contributed by atoms with Crippen molar-refractivity contribution in [3.05, 3.63) is 71.2 Å². The van der Waals surface area contributed by atoms with Gasteiger partial charge < -0.3 is 9.64 Å². The summed E-state index contributed by atoms with van der Waals surface area (Å²) < 4.78 is 58.2. The van der Waals surface area contributed by atoms with E-state index in [0.29, 0.717) is 13.1 Å². The highest BCUT2D eigenvalue weighted by molar-refractivity contribution is 5.97. The Hall–Kier alpha value is -3.36. The van der Waals surface area contributed by atoms with Crippen molar-refractivity contribution in [3.8, 4) is 17.0 Å². The molecule has 9 heteroatoms. The molecular weight excluding hydrogens is 462 g/mol. The number of aromatic nitrogens is 2. The van der Waals surface area contributed by atoms with Gasteiger partial charge in [0.15, 0.2) is 6.61 Å². The van der Waals surface area contributed by atoms with Gasteiger partial charge >= 0.3 is 6.18 Å². The van der Waals surface area contributed by atoms with Crippen LogP contribution >= 0.6 is 0 Å². The molecule has 2 fully saturated rings. The molecule has 5 rings (SSSR count). The molecule has 35 heavy (non-hydrogen) atoms. The second-order valence-corrected chi connectivity index (χ2v) is 9.70. The first-order valence-electron chi connectivity index (χ1n) is 11.4. The SMILES string of the molecule is Cc1cc(-c2ccccc2C)n(C2CC3(C2)CN(C(=O)c2ccc(F)cc2OCC(F)(F)F)C3)n1. The van der Waals surface area contributed by atoms with E-state index in [9.17, 15) is 22.4 Å².